The number of aromatic nitrogens is 1. The summed E-state index contributed by atoms with van der Waals surface area (Å²) in [6.45, 7) is 1.21. The fourth-order valence-electron chi connectivity index (χ4n) is 2.41. The molecule has 3 aromatic rings. The van der Waals surface area contributed by atoms with Crippen molar-refractivity contribution in [2.45, 2.75) is 17.3 Å². The van der Waals surface area contributed by atoms with Gasteiger partial charge in [0.15, 0.2) is 5.78 Å². The predicted octanol–water partition coefficient (Wildman–Crippen LogP) is 3.15. The van der Waals surface area contributed by atoms with Gasteiger partial charge in [-0.05, 0) is 29.8 Å². The van der Waals surface area contributed by atoms with Crippen LogP contribution in [0.25, 0.3) is 0 Å². The Bertz CT molecular complexity index is 1030. The Morgan fingerprint density at radius 1 is 1.04 bits per heavy atom. The first-order valence-corrected chi connectivity index (χ1v) is 10.2. The molecule has 2 aromatic heterocycles. The van der Waals surface area contributed by atoms with Gasteiger partial charge in [-0.1, -0.05) is 24.3 Å². The van der Waals surface area contributed by atoms with Gasteiger partial charge in [-0.2, -0.15) is 0 Å². The second-order valence-corrected chi connectivity index (χ2v) is 8.35. The van der Waals surface area contributed by atoms with Crippen molar-refractivity contribution in [3.63, 3.8) is 0 Å². The summed E-state index contributed by atoms with van der Waals surface area (Å²) in [5, 5.41) is 9.88. The van der Waals surface area contributed by atoms with Crippen molar-refractivity contribution in [1.29, 1.82) is 0 Å². The first kappa shape index (κ1) is 24.2. The third-order valence-electron chi connectivity index (χ3n) is 3.67. The number of thiophene rings is 1. The summed E-state index contributed by atoms with van der Waals surface area (Å²) < 4.78 is 22.7. The average Bonchev–Trinajstić information content (AvgIpc) is 3.13. The molecule has 0 aliphatic rings. The lowest BCUT2D eigenvalue weighted by Gasteiger charge is -2.06. The number of hydrogen-bond acceptors (Lipinski definition) is 6. The van der Waals surface area contributed by atoms with Gasteiger partial charge in [-0.3, -0.25) is 9.78 Å². The zero-order valence-electron chi connectivity index (χ0n) is 14.6. The number of primary sulfonamides is 1. The van der Waals surface area contributed by atoms with E-state index in [2.05, 4.69) is 10.3 Å². The standard InChI is InChI=1S/C18H17N3O3S2.2ClH/c19-26(23,24)17-9-15(12-25-17)18(22)14-5-3-4-13(8-14)10-20-11-16-6-1-2-7-21-16;;/h1-9,12,20H,10-11H2,(H2,19,23,24);2*1H. The summed E-state index contributed by atoms with van der Waals surface area (Å²) in [7, 11) is -3.79. The van der Waals surface area contributed by atoms with Gasteiger partial charge >= 0.3 is 0 Å². The number of rotatable bonds is 7. The number of nitrogens with one attached hydrogen (secondary N) is 1. The summed E-state index contributed by atoms with van der Waals surface area (Å²) in [5.74, 6) is -0.234. The lowest BCUT2D eigenvalue weighted by Crippen LogP contribution is -2.14. The molecule has 2 heterocycles. The van der Waals surface area contributed by atoms with E-state index < -0.39 is 10.0 Å². The number of nitrogens with zero attached hydrogens (tertiary/aromatic N) is 1. The maximum Gasteiger partial charge on any atom is 0.247 e. The molecular formula is C18H19Cl2N3O3S2. The van der Waals surface area contributed by atoms with Crippen LogP contribution in [0, 0.1) is 0 Å². The van der Waals surface area contributed by atoms with Gasteiger partial charge in [-0.15, -0.1) is 36.2 Å². The Balaban J connectivity index is 0.00000196. The van der Waals surface area contributed by atoms with Crippen LogP contribution >= 0.6 is 36.2 Å². The first-order chi connectivity index (χ1) is 12.4. The van der Waals surface area contributed by atoms with Gasteiger partial charge < -0.3 is 5.32 Å². The van der Waals surface area contributed by atoms with Crippen LogP contribution in [0.15, 0.2) is 64.3 Å². The first-order valence-electron chi connectivity index (χ1n) is 7.79. The Kier molecular flexibility index (Phi) is 9.22. The van der Waals surface area contributed by atoms with Crippen LogP contribution in [0.4, 0.5) is 0 Å². The van der Waals surface area contributed by atoms with E-state index in [-0.39, 0.29) is 34.8 Å². The zero-order valence-corrected chi connectivity index (χ0v) is 17.8. The number of carbonyl (C=O) groups excluding carboxylic acids is 1. The van der Waals surface area contributed by atoms with Crippen molar-refractivity contribution in [3.05, 3.63) is 82.5 Å². The summed E-state index contributed by atoms with van der Waals surface area (Å²) >= 11 is 0.942. The van der Waals surface area contributed by atoms with Crippen LogP contribution < -0.4 is 10.5 Å². The van der Waals surface area contributed by atoms with E-state index in [4.69, 9.17) is 5.14 Å². The van der Waals surface area contributed by atoms with Crippen LogP contribution in [0.3, 0.4) is 0 Å². The van der Waals surface area contributed by atoms with E-state index >= 15 is 0 Å². The van der Waals surface area contributed by atoms with Gasteiger partial charge in [-0.25, -0.2) is 13.6 Å². The van der Waals surface area contributed by atoms with Gasteiger partial charge in [0.05, 0.1) is 5.69 Å². The van der Waals surface area contributed by atoms with E-state index in [0.717, 1.165) is 22.6 Å². The molecule has 1 aromatic carbocycles. The monoisotopic (exact) mass is 459 g/mol. The second kappa shape index (κ2) is 10.7. The van der Waals surface area contributed by atoms with Crippen LogP contribution in [0.2, 0.25) is 0 Å². The van der Waals surface area contributed by atoms with Crippen molar-refractivity contribution in [2.75, 3.05) is 0 Å². The highest BCUT2D eigenvalue weighted by atomic mass is 35.5. The van der Waals surface area contributed by atoms with Crippen molar-refractivity contribution < 1.29 is 13.2 Å². The average molecular weight is 460 g/mol. The van der Waals surface area contributed by atoms with Crippen molar-refractivity contribution in [3.8, 4) is 0 Å². The highest BCUT2D eigenvalue weighted by molar-refractivity contribution is 7.91. The number of ketones is 1. The molecule has 28 heavy (non-hydrogen) atoms. The number of halogens is 2. The maximum absolute atomic E-state index is 12.6. The molecule has 0 amide bonds. The molecule has 3 N–H and O–H groups in total. The van der Waals surface area contributed by atoms with E-state index in [1.54, 1.807) is 24.4 Å². The quantitative estimate of drug-likeness (QED) is 0.528. The molecule has 0 bridgehead atoms. The lowest BCUT2D eigenvalue weighted by atomic mass is 10.0. The smallest absolute Gasteiger partial charge is 0.247 e. The van der Waals surface area contributed by atoms with Crippen LogP contribution in [0.5, 0.6) is 0 Å². The summed E-state index contributed by atoms with van der Waals surface area (Å²) in [6, 6.07) is 14.3. The molecule has 0 unspecified atom stereocenters. The summed E-state index contributed by atoms with van der Waals surface area (Å²) in [4.78, 5) is 16.8. The Hall–Kier alpha value is -1.81. The third-order valence-corrected chi connectivity index (χ3v) is 6.05. The van der Waals surface area contributed by atoms with Crippen molar-refractivity contribution >= 4 is 52.0 Å². The number of nitrogens with two attached hydrogens (primary N) is 1. The summed E-state index contributed by atoms with van der Waals surface area (Å²) in [5.41, 5.74) is 2.71. The Morgan fingerprint density at radius 2 is 1.82 bits per heavy atom. The molecule has 0 spiro atoms. The predicted molar refractivity (Wildman–Crippen MR) is 115 cm³/mol. The molecule has 0 atom stereocenters. The minimum absolute atomic E-state index is 0. The molecule has 0 aliphatic carbocycles. The molecule has 0 aliphatic heterocycles. The SMILES string of the molecule is Cl.Cl.NS(=O)(=O)c1cc(C(=O)c2cccc(CNCc3ccccn3)c2)cs1. The normalized spacial score (nSPS) is 10.6. The van der Waals surface area contributed by atoms with Gasteiger partial charge in [0.1, 0.15) is 4.21 Å². The van der Waals surface area contributed by atoms with Gasteiger partial charge in [0, 0.05) is 35.8 Å². The number of pyridine rings is 1. The highest BCUT2D eigenvalue weighted by Crippen LogP contribution is 2.21. The van der Waals surface area contributed by atoms with Gasteiger partial charge in [0.2, 0.25) is 10.0 Å². The number of hydrogen-bond donors (Lipinski definition) is 2. The molecule has 10 heteroatoms. The number of carbonyl (C=O) groups is 1. The lowest BCUT2D eigenvalue weighted by molar-refractivity contribution is 0.103. The molecule has 0 saturated carbocycles. The number of benzene rings is 1. The molecular weight excluding hydrogens is 441 g/mol. The molecule has 6 nitrogen and oxygen atoms in total. The van der Waals surface area contributed by atoms with E-state index in [9.17, 15) is 13.2 Å². The van der Waals surface area contributed by atoms with E-state index in [0.29, 0.717) is 24.2 Å². The Labute approximate surface area is 180 Å². The minimum atomic E-state index is -3.79. The van der Waals surface area contributed by atoms with Crippen LogP contribution in [0.1, 0.15) is 27.2 Å². The largest absolute Gasteiger partial charge is 0.307 e. The third kappa shape index (κ3) is 6.37. The van der Waals surface area contributed by atoms with Crippen molar-refractivity contribution in [2.24, 2.45) is 5.14 Å². The fourth-order valence-corrected chi connectivity index (χ4v) is 4.00. The minimum Gasteiger partial charge on any atom is -0.307 e. The fraction of sp³-hybridized carbons (Fsp3) is 0.111. The van der Waals surface area contributed by atoms with Crippen molar-refractivity contribution in [1.82, 2.24) is 10.3 Å². The maximum atomic E-state index is 12.6. The molecule has 0 radical (unpaired) electrons. The van der Waals surface area contributed by atoms with E-state index in [1.165, 1.54) is 11.4 Å². The van der Waals surface area contributed by atoms with Crippen LogP contribution in [-0.4, -0.2) is 19.2 Å². The zero-order chi connectivity index (χ0) is 18.6. The topological polar surface area (TPSA) is 102 Å². The number of sulfonamides is 1. The summed E-state index contributed by atoms with van der Waals surface area (Å²) in [6.07, 6.45) is 1.74. The molecule has 3 rings (SSSR count). The molecule has 0 saturated heterocycles. The second-order valence-electron chi connectivity index (χ2n) is 5.65. The van der Waals surface area contributed by atoms with Gasteiger partial charge in [0.25, 0.3) is 0 Å². The Morgan fingerprint density at radius 3 is 2.46 bits per heavy atom. The highest BCUT2D eigenvalue weighted by Gasteiger charge is 2.16. The molecule has 150 valence electrons. The van der Waals surface area contributed by atoms with E-state index in [1.807, 2.05) is 24.3 Å². The molecule has 0 fully saturated rings. The van der Waals surface area contributed by atoms with Crippen LogP contribution in [-0.2, 0) is 23.1 Å².